The number of nitrogens with zero attached hydrogens (tertiary/aromatic N) is 1. The topological polar surface area (TPSA) is 54.0 Å². The van der Waals surface area contributed by atoms with Crippen molar-refractivity contribution in [3.63, 3.8) is 0 Å². The highest BCUT2D eigenvalue weighted by molar-refractivity contribution is 6.29. The number of hydrogen-bond acceptors (Lipinski definition) is 3. The predicted molar refractivity (Wildman–Crippen MR) is 86.0 cm³/mol. The average Bonchev–Trinajstić information content (AvgIpc) is 2.52. The van der Waals surface area contributed by atoms with Crippen LogP contribution in [0.4, 0.5) is 5.82 Å². The van der Waals surface area contributed by atoms with E-state index < -0.39 is 0 Å². The van der Waals surface area contributed by atoms with Crippen LogP contribution in [0.5, 0.6) is 0 Å². The van der Waals surface area contributed by atoms with Gasteiger partial charge in [-0.05, 0) is 23.6 Å². The maximum atomic E-state index is 12.2. The van der Waals surface area contributed by atoms with E-state index >= 15 is 0 Å². The molecule has 1 aromatic carbocycles. The van der Waals surface area contributed by atoms with E-state index in [2.05, 4.69) is 34.7 Å². The first-order valence-electron chi connectivity index (χ1n) is 6.78. The lowest BCUT2D eigenvalue weighted by molar-refractivity contribution is 0.0951. The smallest absolute Gasteiger partial charge is 0.251 e. The van der Waals surface area contributed by atoms with Gasteiger partial charge in [-0.25, -0.2) is 4.98 Å². The molecule has 1 aromatic heterocycles. The van der Waals surface area contributed by atoms with Crippen LogP contribution >= 0.6 is 11.6 Å². The molecule has 1 atom stereocenters. The summed E-state index contributed by atoms with van der Waals surface area (Å²) in [5, 5.41) is 6.10. The minimum atomic E-state index is -0.154. The molecule has 5 heteroatoms. The number of amides is 1. The summed E-state index contributed by atoms with van der Waals surface area (Å²) in [6.07, 6.45) is 0. The van der Waals surface area contributed by atoms with Crippen LogP contribution in [0.3, 0.4) is 0 Å². The van der Waals surface area contributed by atoms with E-state index in [0.29, 0.717) is 23.1 Å². The Labute approximate surface area is 129 Å². The lowest BCUT2D eigenvalue weighted by atomic mass is 10.0. The largest absolute Gasteiger partial charge is 0.373 e. The predicted octanol–water partition coefficient (Wildman–Crippen LogP) is 3.31. The van der Waals surface area contributed by atoms with Crippen molar-refractivity contribution in [1.29, 1.82) is 0 Å². The second kappa shape index (κ2) is 7.09. The van der Waals surface area contributed by atoms with Crippen LogP contribution in [0.2, 0.25) is 5.15 Å². The second-order valence-corrected chi connectivity index (χ2v) is 5.22. The van der Waals surface area contributed by atoms with Crippen molar-refractivity contribution in [2.75, 3.05) is 18.9 Å². The number of anilines is 1. The third-order valence-corrected chi connectivity index (χ3v) is 3.44. The zero-order valence-electron chi connectivity index (χ0n) is 12.1. The summed E-state index contributed by atoms with van der Waals surface area (Å²) in [6, 6.07) is 13.3. The minimum Gasteiger partial charge on any atom is -0.373 e. The van der Waals surface area contributed by atoms with Crippen LogP contribution in [-0.4, -0.2) is 24.5 Å². The first-order chi connectivity index (χ1) is 10.1. The van der Waals surface area contributed by atoms with Gasteiger partial charge in [-0.3, -0.25) is 4.79 Å². The highest BCUT2D eigenvalue weighted by Crippen LogP contribution is 2.16. The number of benzene rings is 1. The van der Waals surface area contributed by atoms with Crippen molar-refractivity contribution in [2.24, 2.45) is 0 Å². The fraction of sp³-hybridized carbons (Fsp3) is 0.250. The number of rotatable bonds is 5. The summed E-state index contributed by atoms with van der Waals surface area (Å²) in [5.41, 5.74) is 1.70. The first kappa shape index (κ1) is 15.3. The van der Waals surface area contributed by atoms with E-state index in [1.807, 2.05) is 18.2 Å². The summed E-state index contributed by atoms with van der Waals surface area (Å²) in [7, 11) is 1.73. The van der Waals surface area contributed by atoms with Gasteiger partial charge in [0.25, 0.3) is 5.91 Å². The molecule has 0 aliphatic rings. The fourth-order valence-electron chi connectivity index (χ4n) is 2.00. The molecule has 0 spiro atoms. The number of carbonyl (C=O) groups excluding carboxylic acids is 1. The zero-order valence-corrected chi connectivity index (χ0v) is 12.8. The number of halogens is 1. The Morgan fingerprint density at radius 1 is 1.29 bits per heavy atom. The van der Waals surface area contributed by atoms with E-state index in [4.69, 9.17) is 11.6 Å². The van der Waals surface area contributed by atoms with Gasteiger partial charge in [-0.2, -0.15) is 0 Å². The number of carbonyl (C=O) groups is 1. The quantitative estimate of drug-likeness (QED) is 0.833. The highest BCUT2D eigenvalue weighted by Gasteiger charge is 2.11. The Hall–Kier alpha value is -2.07. The summed E-state index contributed by atoms with van der Waals surface area (Å²) in [6.45, 7) is 2.64. The molecular formula is C16H18ClN3O. The normalized spacial score (nSPS) is 11.8. The third kappa shape index (κ3) is 4.20. The van der Waals surface area contributed by atoms with Crippen LogP contribution in [0.1, 0.15) is 28.8 Å². The molecule has 0 fully saturated rings. The molecule has 2 aromatic rings. The molecule has 0 bridgehead atoms. The minimum absolute atomic E-state index is 0.154. The Morgan fingerprint density at radius 2 is 2.00 bits per heavy atom. The number of pyridine rings is 1. The van der Waals surface area contributed by atoms with Crippen LogP contribution in [-0.2, 0) is 0 Å². The molecule has 4 nitrogen and oxygen atoms in total. The zero-order chi connectivity index (χ0) is 15.2. The van der Waals surface area contributed by atoms with E-state index in [-0.39, 0.29) is 11.8 Å². The molecule has 21 heavy (non-hydrogen) atoms. The Balaban J connectivity index is 2.00. The summed E-state index contributed by atoms with van der Waals surface area (Å²) >= 11 is 5.90. The van der Waals surface area contributed by atoms with Crippen LogP contribution < -0.4 is 10.6 Å². The Morgan fingerprint density at radius 3 is 2.67 bits per heavy atom. The maximum absolute atomic E-state index is 12.2. The molecule has 0 saturated carbocycles. The van der Waals surface area contributed by atoms with Crippen molar-refractivity contribution in [3.05, 3.63) is 58.7 Å². The van der Waals surface area contributed by atoms with Gasteiger partial charge < -0.3 is 10.6 Å². The third-order valence-electron chi connectivity index (χ3n) is 3.25. The van der Waals surface area contributed by atoms with Crippen molar-refractivity contribution >= 4 is 23.3 Å². The lowest BCUT2D eigenvalue weighted by Gasteiger charge is -2.13. The van der Waals surface area contributed by atoms with Crippen molar-refractivity contribution in [1.82, 2.24) is 10.3 Å². The molecule has 0 aliphatic heterocycles. The second-order valence-electron chi connectivity index (χ2n) is 4.84. The van der Waals surface area contributed by atoms with Crippen molar-refractivity contribution in [2.45, 2.75) is 12.8 Å². The fourth-order valence-corrected chi connectivity index (χ4v) is 2.21. The SMILES string of the molecule is CNc1cc(C(=O)NCC(C)c2ccccc2)cc(Cl)n1. The van der Waals surface area contributed by atoms with Gasteiger partial charge in [-0.1, -0.05) is 48.9 Å². The summed E-state index contributed by atoms with van der Waals surface area (Å²) in [5.74, 6) is 0.665. The molecule has 2 rings (SSSR count). The van der Waals surface area contributed by atoms with Crippen LogP contribution in [0.15, 0.2) is 42.5 Å². The molecule has 1 amide bonds. The lowest BCUT2D eigenvalue weighted by Crippen LogP contribution is -2.27. The molecule has 0 saturated heterocycles. The molecular weight excluding hydrogens is 286 g/mol. The molecule has 2 N–H and O–H groups in total. The Kier molecular flexibility index (Phi) is 5.17. The van der Waals surface area contributed by atoms with Gasteiger partial charge in [0.1, 0.15) is 11.0 Å². The van der Waals surface area contributed by atoms with Crippen molar-refractivity contribution in [3.8, 4) is 0 Å². The molecule has 1 unspecified atom stereocenters. The number of hydrogen-bond donors (Lipinski definition) is 2. The van der Waals surface area contributed by atoms with Crippen LogP contribution in [0.25, 0.3) is 0 Å². The highest BCUT2D eigenvalue weighted by atomic mass is 35.5. The molecule has 0 radical (unpaired) electrons. The summed E-state index contributed by atoms with van der Waals surface area (Å²) in [4.78, 5) is 16.2. The standard InChI is InChI=1S/C16H18ClN3O/c1-11(12-6-4-3-5-7-12)10-19-16(21)13-8-14(17)20-15(9-13)18-2/h3-9,11H,10H2,1-2H3,(H,18,20)(H,19,21). The molecule has 0 aliphatic carbocycles. The molecule has 1 heterocycles. The monoisotopic (exact) mass is 303 g/mol. The van der Waals surface area contributed by atoms with Gasteiger partial charge in [0, 0.05) is 19.2 Å². The van der Waals surface area contributed by atoms with E-state index in [1.165, 1.54) is 5.56 Å². The average molecular weight is 304 g/mol. The first-order valence-corrected chi connectivity index (χ1v) is 7.16. The van der Waals surface area contributed by atoms with E-state index in [1.54, 1.807) is 19.2 Å². The summed E-state index contributed by atoms with van der Waals surface area (Å²) < 4.78 is 0. The maximum Gasteiger partial charge on any atom is 0.251 e. The Bertz CT molecular complexity index is 616. The molecule has 110 valence electrons. The number of aromatic nitrogens is 1. The van der Waals surface area contributed by atoms with Gasteiger partial charge in [-0.15, -0.1) is 0 Å². The van der Waals surface area contributed by atoms with E-state index in [0.717, 1.165) is 0 Å². The van der Waals surface area contributed by atoms with Gasteiger partial charge in [0.15, 0.2) is 0 Å². The number of nitrogens with one attached hydrogen (secondary N) is 2. The van der Waals surface area contributed by atoms with Gasteiger partial charge >= 0.3 is 0 Å². The van der Waals surface area contributed by atoms with Crippen LogP contribution in [0, 0.1) is 0 Å². The van der Waals surface area contributed by atoms with Gasteiger partial charge in [0.05, 0.1) is 0 Å². The van der Waals surface area contributed by atoms with Crippen molar-refractivity contribution < 1.29 is 4.79 Å². The van der Waals surface area contributed by atoms with Gasteiger partial charge in [0.2, 0.25) is 0 Å². The van der Waals surface area contributed by atoms with E-state index in [9.17, 15) is 4.79 Å².